The fraction of sp³-hybridized carbons (Fsp3) is 0.471. The van der Waals surface area contributed by atoms with Crippen LogP contribution in [-0.2, 0) is 11.2 Å². The Bertz CT molecular complexity index is 618. The lowest BCUT2D eigenvalue weighted by atomic mass is 10.1. The van der Waals surface area contributed by atoms with Crippen molar-refractivity contribution >= 4 is 18.2 Å². The first-order valence-corrected chi connectivity index (χ1v) is 8.54. The Morgan fingerprint density at radius 1 is 1.31 bits per heavy atom. The maximum atomic E-state index is 12.2. The van der Waals surface area contributed by atoms with Crippen molar-refractivity contribution in [2.75, 3.05) is 6.54 Å². The summed E-state index contributed by atoms with van der Waals surface area (Å²) in [5.74, 6) is -0.746. The van der Waals surface area contributed by atoms with Crippen LogP contribution < -0.4 is 16.1 Å². The molecule has 0 heterocycles. The Morgan fingerprint density at radius 3 is 2.58 bits per heavy atom. The van der Waals surface area contributed by atoms with Crippen LogP contribution in [-0.4, -0.2) is 35.8 Å². The first kappa shape index (κ1) is 21.1. The van der Waals surface area contributed by atoms with Crippen LogP contribution in [0.2, 0.25) is 0 Å². The molecule has 26 heavy (non-hydrogen) atoms. The molecule has 142 valence electrons. The summed E-state index contributed by atoms with van der Waals surface area (Å²) in [6.07, 6.45) is 4.67. The van der Waals surface area contributed by atoms with Crippen LogP contribution in [0, 0.1) is 15.5 Å². The summed E-state index contributed by atoms with van der Waals surface area (Å²) in [7, 11) is 0. The molecule has 0 aliphatic rings. The van der Waals surface area contributed by atoms with E-state index < -0.39 is 17.0 Å². The Hall–Kier alpha value is -2.97. The number of carbonyl (C=O) groups is 2. The maximum absolute atomic E-state index is 12.2. The van der Waals surface area contributed by atoms with Gasteiger partial charge in [0.15, 0.2) is 5.03 Å². The second-order valence-corrected chi connectivity index (χ2v) is 5.83. The molecule has 4 N–H and O–H groups in total. The number of rotatable bonds is 11. The summed E-state index contributed by atoms with van der Waals surface area (Å²) in [6, 6.07) is 6.67. The van der Waals surface area contributed by atoms with Crippen LogP contribution in [0.1, 0.15) is 48.5 Å². The molecule has 0 aliphatic heterocycles. The van der Waals surface area contributed by atoms with Gasteiger partial charge in [-0.15, -0.1) is 0 Å². The second kappa shape index (κ2) is 11.6. The fourth-order valence-corrected chi connectivity index (χ4v) is 2.30. The van der Waals surface area contributed by atoms with E-state index >= 15 is 0 Å². The van der Waals surface area contributed by atoms with Crippen LogP contribution in [0.5, 0.6) is 0 Å². The smallest absolute Gasteiger partial charge is 0.251 e. The van der Waals surface area contributed by atoms with Gasteiger partial charge in [0, 0.05) is 12.1 Å². The number of benzene rings is 1. The van der Waals surface area contributed by atoms with Crippen LogP contribution in [0.25, 0.3) is 0 Å². The number of aldehydes is 1. The lowest BCUT2D eigenvalue weighted by Gasteiger charge is -2.13. The Morgan fingerprint density at radius 2 is 2.00 bits per heavy atom. The van der Waals surface area contributed by atoms with Crippen molar-refractivity contribution < 1.29 is 14.6 Å². The van der Waals surface area contributed by atoms with Gasteiger partial charge in [-0.05, 0) is 43.4 Å². The first-order chi connectivity index (χ1) is 12.5. The third-order valence-electron chi connectivity index (χ3n) is 3.71. The van der Waals surface area contributed by atoms with Crippen LogP contribution >= 0.6 is 0 Å². The van der Waals surface area contributed by atoms with Gasteiger partial charge in [0.05, 0.1) is 6.04 Å². The van der Waals surface area contributed by atoms with Crippen molar-refractivity contribution in [3.8, 4) is 0 Å². The van der Waals surface area contributed by atoms with Crippen molar-refractivity contribution in [2.24, 2.45) is 0 Å². The van der Waals surface area contributed by atoms with Gasteiger partial charge < -0.3 is 15.4 Å². The van der Waals surface area contributed by atoms with Crippen molar-refractivity contribution in [1.82, 2.24) is 16.1 Å². The van der Waals surface area contributed by atoms with Crippen molar-refractivity contribution in [3.05, 3.63) is 45.5 Å². The molecule has 1 aromatic carbocycles. The predicted molar refractivity (Wildman–Crippen MR) is 97.5 cm³/mol. The molecule has 1 amide bonds. The molecule has 0 saturated heterocycles. The number of nitrogens with zero attached hydrogens (tertiary/aromatic N) is 1. The standard InChI is InChI=1S/C17H25N5O4/c1-2-3-5-13-7-9-14(10-8-13)16(24)20-15(12-23)6-4-11-19-17(18)21-22(25)26/h7-10,12,15H,2-6,11H2,1H3,(H,20,24)(H3,18,19,21). The van der Waals surface area contributed by atoms with Crippen LogP contribution in [0.3, 0.4) is 0 Å². The molecule has 0 bridgehead atoms. The Balaban J connectivity index is 2.39. The highest BCUT2D eigenvalue weighted by Crippen LogP contribution is 2.08. The van der Waals surface area contributed by atoms with Crippen molar-refractivity contribution in [3.63, 3.8) is 0 Å². The number of hydrogen-bond donors (Lipinski definition) is 4. The summed E-state index contributed by atoms with van der Waals surface area (Å²) in [6.45, 7) is 2.39. The zero-order chi connectivity index (χ0) is 19.4. The molecule has 0 fully saturated rings. The summed E-state index contributed by atoms with van der Waals surface area (Å²) >= 11 is 0. The van der Waals surface area contributed by atoms with E-state index in [1.807, 2.05) is 12.1 Å². The average Bonchev–Trinajstić information content (AvgIpc) is 2.62. The maximum Gasteiger partial charge on any atom is 0.251 e. The average molecular weight is 363 g/mol. The van der Waals surface area contributed by atoms with Gasteiger partial charge in [-0.3, -0.25) is 10.2 Å². The molecule has 1 rings (SSSR count). The monoisotopic (exact) mass is 363 g/mol. The molecule has 0 aliphatic carbocycles. The largest absolute Gasteiger partial charge is 0.352 e. The van der Waals surface area contributed by atoms with E-state index in [4.69, 9.17) is 5.41 Å². The van der Waals surface area contributed by atoms with E-state index in [2.05, 4.69) is 17.6 Å². The summed E-state index contributed by atoms with van der Waals surface area (Å²) in [4.78, 5) is 33.5. The van der Waals surface area contributed by atoms with Gasteiger partial charge in [0.1, 0.15) is 6.29 Å². The van der Waals surface area contributed by atoms with Gasteiger partial charge in [-0.1, -0.05) is 30.9 Å². The van der Waals surface area contributed by atoms with Crippen molar-refractivity contribution in [2.45, 2.75) is 45.1 Å². The van der Waals surface area contributed by atoms with E-state index in [1.165, 1.54) is 5.56 Å². The Kier molecular flexibility index (Phi) is 9.37. The predicted octanol–water partition coefficient (Wildman–Crippen LogP) is 1.41. The number of unbranched alkanes of at least 4 members (excludes halogenated alkanes) is 1. The summed E-state index contributed by atoms with van der Waals surface area (Å²) < 4.78 is 0. The summed E-state index contributed by atoms with van der Waals surface area (Å²) in [5.41, 5.74) is 3.34. The number of guanidine groups is 1. The van der Waals surface area contributed by atoms with Gasteiger partial charge in [0.2, 0.25) is 0 Å². The number of carbonyl (C=O) groups excluding carboxylic acids is 2. The minimum Gasteiger partial charge on any atom is -0.352 e. The van der Waals surface area contributed by atoms with E-state index in [0.717, 1.165) is 19.3 Å². The Labute approximate surface area is 152 Å². The SMILES string of the molecule is CCCCc1ccc(C(=O)NC(C=O)CCCNC(=N)N[N+](=O)[O-])cc1. The molecule has 0 aromatic heterocycles. The molecular weight excluding hydrogens is 338 g/mol. The van der Waals surface area contributed by atoms with E-state index in [1.54, 1.807) is 17.6 Å². The molecule has 0 saturated carbocycles. The fourth-order valence-electron chi connectivity index (χ4n) is 2.30. The van der Waals surface area contributed by atoms with Gasteiger partial charge in [-0.25, -0.2) is 10.1 Å². The van der Waals surface area contributed by atoms with E-state index in [9.17, 15) is 19.7 Å². The highest BCUT2D eigenvalue weighted by atomic mass is 16.7. The molecule has 9 nitrogen and oxygen atoms in total. The van der Waals surface area contributed by atoms with E-state index in [-0.39, 0.29) is 12.5 Å². The third-order valence-corrected chi connectivity index (χ3v) is 3.71. The quantitative estimate of drug-likeness (QED) is 0.117. The van der Waals surface area contributed by atoms with Crippen LogP contribution in [0.4, 0.5) is 0 Å². The number of nitrogens with one attached hydrogen (secondary N) is 4. The normalized spacial score (nSPS) is 11.3. The molecule has 0 spiro atoms. The second-order valence-electron chi connectivity index (χ2n) is 5.83. The molecule has 1 unspecified atom stereocenters. The number of hydrogen-bond acceptors (Lipinski definition) is 5. The number of amides is 1. The third kappa shape index (κ3) is 8.22. The lowest BCUT2D eigenvalue weighted by Crippen LogP contribution is -2.41. The lowest BCUT2D eigenvalue weighted by molar-refractivity contribution is -0.525. The molecule has 9 heteroatoms. The van der Waals surface area contributed by atoms with E-state index in [0.29, 0.717) is 24.7 Å². The van der Waals surface area contributed by atoms with Crippen LogP contribution in [0.15, 0.2) is 24.3 Å². The minimum absolute atomic E-state index is 0.270. The highest BCUT2D eigenvalue weighted by Gasteiger charge is 2.13. The molecule has 0 radical (unpaired) electrons. The zero-order valence-electron chi connectivity index (χ0n) is 14.8. The number of hydrazine groups is 1. The molecular formula is C17H25N5O4. The summed E-state index contributed by atoms with van der Waals surface area (Å²) in [5, 5.41) is 21.7. The molecule has 1 aromatic rings. The van der Waals surface area contributed by atoms with Gasteiger partial charge in [0.25, 0.3) is 11.9 Å². The first-order valence-electron chi connectivity index (χ1n) is 8.54. The number of nitro groups is 1. The molecule has 1 atom stereocenters. The van der Waals surface area contributed by atoms with Gasteiger partial charge in [-0.2, -0.15) is 0 Å². The highest BCUT2D eigenvalue weighted by molar-refractivity contribution is 5.95. The zero-order valence-corrected chi connectivity index (χ0v) is 14.8. The van der Waals surface area contributed by atoms with Gasteiger partial charge >= 0.3 is 0 Å². The topological polar surface area (TPSA) is 137 Å². The van der Waals surface area contributed by atoms with Crippen molar-refractivity contribution in [1.29, 1.82) is 5.41 Å². The number of aryl methyl sites for hydroxylation is 1. The minimum atomic E-state index is -0.836.